The van der Waals surface area contributed by atoms with Crippen molar-refractivity contribution >= 4 is 17.4 Å². The SMILES string of the molecule is COc1cccc2c1N[C@]13CCC45C=CCN6[C@H]7O[C@@H]4[C@@]1(NC(C)=O)C(=O)C7[C@]23[C@@H]65. The highest BCUT2D eigenvalue weighted by Crippen LogP contribution is 2.83. The van der Waals surface area contributed by atoms with E-state index >= 15 is 0 Å². The monoisotopic (exact) mass is 405 g/mol. The predicted octanol–water partition coefficient (Wildman–Crippen LogP) is 0.944. The number of nitrogens with one attached hydrogen (secondary N) is 2. The maximum Gasteiger partial charge on any atom is 0.217 e. The lowest BCUT2D eigenvalue weighted by atomic mass is 9.39. The van der Waals surface area contributed by atoms with E-state index in [4.69, 9.17) is 9.47 Å². The van der Waals surface area contributed by atoms with Crippen molar-refractivity contribution in [3.05, 3.63) is 35.9 Å². The van der Waals surface area contributed by atoms with Crippen LogP contribution in [0.2, 0.25) is 0 Å². The first-order chi connectivity index (χ1) is 14.5. The standard InChI is InChI=1S/C23H23N3O4/c1-11(27)24-23-16(28)14-17-26-10-4-7-20(19(23)30-17)8-9-21(23)22(14,18(20)26)12-5-3-6-13(29-2)15(12)25-21/h3-7,14,17-19,25H,8-10H2,1-2H3,(H,24,27)/t14?,17-,18-,19-,20?,21-,22-,23-/m0/s1. The Kier molecular flexibility index (Phi) is 2.35. The molecule has 9 atom stereocenters. The van der Waals surface area contributed by atoms with Crippen molar-refractivity contribution < 1.29 is 19.1 Å². The third-order valence-electron chi connectivity index (χ3n) is 9.66. The van der Waals surface area contributed by atoms with Gasteiger partial charge >= 0.3 is 0 Å². The number of hydrogen-bond donors (Lipinski definition) is 2. The molecule has 2 N–H and O–H groups in total. The van der Waals surface area contributed by atoms with Crippen LogP contribution in [0, 0.1) is 11.3 Å². The number of Topliss-reactive ketones (excluding diaryl/α,β-unsaturated/α-hetero) is 1. The molecule has 3 spiro atoms. The molecule has 7 heteroatoms. The zero-order chi connectivity index (χ0) is 20.3. The van der Waals surface area contributed by atoms with Crippen molar-refractivity contribution in [1.82, 2.24) is 10.2 Å². The van der Waals surface area contributed by atoms with Crippen molar-refractivity contribution in [2.75, 3.05) is 19.0 Å². The number of carbonyl (C=O) groups excluding carboxylic acids is 2. The van der Waals surface area contributed by atoms with Crippen LogP contribution in [0.15, 0.2) is 30.4 Å². The summed E-state index contributed by atoms with van der Waals surface area (Å²) in [6, 6.07) is 6.35. The molecule has 7 fully saturated rings. The fourth-order valence-electron chi connectivity index (χ4n) is 9.42. The number of rotatable bonds is 2. The number of anilines is 1. The van der Waals surface area contributed by atoms with Crippen LogP contribution in [-0.4, -0.2) is 59.7 Å². The van der Waals surface area contributed by atoms with Gasteiger partial charge in [-0.05, 0) is 24.5 Å². The Bertz CT molecular complexity index is 1130. The molecule has 9 aliphatic rings. The highest BCUT2D eigenvalue weighted by Gasteiger charge is 2.98. The van der Waals surface area contributed by atoms with Gasteiger partial charge in [-0.1, -0.05) is 24.3 Å². The summed E-state index contributed by atoms with van der Waals surface area (Å²) in [5, 5.41) is 7.04. The lowest BCUT2D eigenvalue weighted by Gasteiger charge is -2.73. The molecule has 1 amide bonds. The van der Waals surface area contributed by atoms with E-state index in [-0.39, 0.29) is 41.4 Å². The van der Waals surface area contributed by atoms with E-state index < -0.39 is 16.5 Å². The number of amides is 1. The zero-order valence-electron chi connectivity index (χ0n) is 16.9. The number of ketones is 1. The molecule has 0 radical (unpaired) electrons. The van der Waals surface area contributed by atoms with E-state index in [2.05, 4.69) is 33.8 Å². The first kappa shape index (κ1) is 16.3. The van der Waals surface area contributed by atoms with Crippen LogP contribution in [0.5, 0.6) is 5.75 Å². The Morgan fingerprint density at radius 1 is 1.37 bits per heavy atom. The number of carbonyl (C=O) groups is 2. The summed E-state index contributed by atoms with van der Waals surface area (Å²) in [6.45, 7) is 2.32. The van der Waals surface area contributed by atoms with Gasteiger partial charge in [0.2, 0.25) is 5.91 Å². The molecule has 5 heterocycles. The minimum Gasteiger partial charge on any atom is -0.495 e. The highest BCUT2D eigenvalue weighted by molar-refractivity contribution is 6.07. The maximum atomic E-state index is 14.3. The van der Waals surface area contributed by atoms with Crippen LogP contribution in [0.25, 0.3) is 0 Å². The Morgan fingerprint density at radius 2 is 2.23 bits per heavy atom. The number of para-hydroxylation sites is 1. The molecular formula is C23H23N3O4. The summed E-state index contributed by atoms with van der Waals surface area (Å²) >= 11 is 0. The van der Waals surface area contributed by atoms with Gasteiger partial charge in [-0.2, -0.15) is 0 Å². The van der Waals surface area contributed by atoms with Gasteiger partial charge in [-0.15, -0.1) is 0 Å². The van der Waals surface area contributed by atoms with E-state index in [9.17, 15) is 9.59 Å². The van der Waals surface area contributed by atoms with Gasteiger partial charge in [0.15, 0.2) is 11.3 Å². The normalized spacial score (nSPS) is 53.7. The maximum absolute atomic E-state index is 14.3. The molecule has 0 aromatic heterocycles. The van der Waals surface area contributed by atoms with Gasteiger partial charge in [0.25, 0.3) is 0 Å². The van der Waals surface area contributed by atoms with Gasteiger partial charge in [0, 0.05) is 24.9 Å². The van der Waals surface area contributed by atoms with Crippen LogP contribution in [0.4, 0.5) is 5.69 Å². The van der Waals surface area contributed by atoms with Crippen molar-refractivity contribution in [2.24, 2.45) is 11.3 Å². The van der Waals surface area contributed by atoms with E-state index in [1.54, 1.807) is 7.11 Å². The third-order valence-corrected chi connectivity index (χ3v) is 9.66. The minimum atomic E-state index is -1.06. The molecule has 3 unspecified atom stereocenters. The van der Waals surface area contributed by atoms with Crippen LogP contribution >= 0.6 is 0 Å². The van der Waals surface area contributed by atoms with Gasteiger partial charge < -0.3 is 20.1 Å². The third kappa shape index (κ3) is 1.12. The molecule has 3 saturated heterocycles. The molecule has 30 heavy (non-hydrogen) atoms. The fourth-order valence-corrected chi connectivity index (χ4v) is 9.42. The predicted molar refractivity (Wildman–Crippen MR) is 106 cm³/mol. The first-order valence-corrected chi connectivity index (χ1v) is 10.9. The molecule has 7 nitrogen and oxygen atoms in total. The van der Waals surface area contributed by atoms with Crippen molar-refractivity contribution in [3.63, 3.8) is 0 Å². The van der Waals surface area contributed by atoms with Crippen molar-refractivity contribution in [1.29, 1.82) is 0 Å². The Hall–Kier alpha value is -2.38. The average molecular weight is 405 g/mol. The van der Waals surface area contributed by atoms with Gasteiger partial charge in [0.1, 0.15) is 18.1 Å². The number of ether oxygens (including phenoxy) is 2. The van der Waals surface area contributed by atoms with Gasteiger partial charge in [-0.25, -0.2) is 0 Å². The van der Waals surface area contributed by atoms with E-state index in [1.165, 1.54) is 6.92 Å². The largest absolute Gasteiger partial charge is 0.495 e. The van der Waals surface area contributed by atoms with Crippen LogP contribution in [0.3, 0.4) is 0 Å². The van der Waals surface area contributed by atoms with Gasteiger partial charge in [0.05, 0.1) is 29.7 Å². The van der Waals surface area contributed by atoms with Crippen molar-refractivity contribution in [2.45, 2.75) is 54.6 Å². The molecule has 154 valence electrons. The number of nitrogens with zero attached hydrogens (tertiary/aromatic N) is 1. The second-order valence-electron chi connectivity index (χ2n) is 10.1. The summed E-state index contributed by atoms with van der Waals surface area (Å²) in [6.07, 6.45) is 5.74. The first-order valence-electron chi connectivity index (χ1n) is 10.9. The fraction of sp³-hybridized carbons (Fsp3) is 0.565. The molecule has 5 aliphatic heterocycles. The van der Waals surface area contributed by atoms with E-state index in [0.29, 0.717) is 0 Å². The second-order valence-corrected chi connectivity index (χ2v) is 10.1. The number of fused-ring (bicyclic) bond motifs is 2. The molecular weight excluding hydrogens is 382 g/mol. The van der Waals surface area contributed by atoms with E-state index in [0.717, 1.165) is 36.4 Å². The minimum absolute atomic E-state index is 0.157. The Morgan fingerprint density at radius 3 is 3.03 bits per heavy atom. The van der Waals surface area contributed by atoms with E-state index in [1.807, 2.05) is 12.1 Å². The average Bonchev–Trinajstić information content (AvgIpc) is 3.21. The molecule has 1 aromatic rings. The smallest absolute Gasteiger partial charge is 0.217 e. The lowest BCUT2D eigenvalue weighted by molar-refractivity contribution is -0.272. The number of benzene rings is 1. The summed E-state index contributed by atoms with van der Waals surface area (Å²) in [7, 11) is 1.69. The number of hydrogen-bond acceptors (Lipinski definition) is 6. The highest BCUT2D eigenvalue weighted by atomic mass is 16.5. The molecule has 1 aromatic carbocycles. The molecule has 10 rings (SSSR count). The van der Waals surface area contributed by atoms with Crippen LogP contribution < -0.4 is 15.4 Å². The molecule has 4 aliphatic carbocycles. The number of methoxy groups -OCH3 is 1. The second kappa shape index (κ2) is 4.32. The summed E-state index contributed by atoms with van der Waals surface area (Å²) in [5.74, 6) is 0.479. The van der Waals surface area contributed by atoms with Crippen LogP contribution in [0.1, 0.15) is 25.3 Å². The Balaban J connectivity index is 1.56. The summed E-state index contributed by atoms with van der Waals surface area (Å²) in [5.41, 5.74) is -0.222. The van der Waals surface area contributed by atoms with Crippen LogP contribution in [-0.2, 0) is 19.7 Å². The topological polar surface area (TPSA) is 79.9 Å². The Labute approximate surface area is 173 Å². The quantitative estimate of drug-likeness (QED) is 0.713. The molecule has 4 saturated carbocycles. The van der Waals surface area contributed by atoms with Crippen molar-refractivity contribution in [3.8, 4) is 5.75 Å². The van der Waals surface area contributed by atoms with Gasteiger partial charge in [-0.3, -0.25) is 14.5 Å². The molecule has 9 bridgehead atoms. The summed E-state index contributed by atoms with van der Waals surface area (Å²) < 4.78 is 12.5. The summed E-state index contributed by atoms with van der Waals surface area (Å²) in [4.78, 5) is 29.3. The zero-order valence-corrected chi connectivity index (χ0v) is 16.9. The lowest BCUT2D eigenvalue weighted by Crippen LogP contribution is -2.90.